The summed E-state index contributed by atoms with van der Waals surface area (Å²) in [5.74, 6) is -0.531. The largest absolute Gasteiger partial charge is 0.417 e. The third-order valence-electron chi connectivity index (χ3n) is 2.70. The zero-order chi connectivity index (χ0) is 16.5. The highest BCUT2D eigenvalue weighted by Gasteiger charge is 2.35. The Morgan fingerprint density at radius 3 is 2.59 bits per heavy atom. The topological polar surface area (TPSA) is 72.7 Å². The monoisotopic (exact) mass is 395 g/mol. The van der Waals surface area contributed by atoms with Crippen LogP contribution in [0, 0.1) is 0 Å². The number of hydrogen-bond donors (Lipinski definition) is 1. The Morgan fingerprint density at radius 1 is 1.41 bits per heavy atom. The van der Waals surface area contributed by atoms with Crippen molar-refractivity contribution in [2.45, 2.75) is 11.1 Å². The average molecular weight is 396 g/mol. The number of hydrogen-bond acceptors (Lipinski definition) is 5. The Kier molecular flexibility index (Phi) is 4.75. The molecule has 11 heteroatoms. The Bertz CT molecular complexity index is 718. The number of anilines is 1. The summed E-state index contributed by atoms with van der Waals surface area (Å²) in [6.45, 7) is 0. The number of amides is 1. The van der Waals surface area contributed by atoms with E-state index < -0.39 is 17.6 Å². The normalized spacial score (nSPS) is 11.5. The Balaban J connectivity index is 2.40. The van der Waals surface area contributed by atoms with Crippen LogP contribution in [0.1, 0.15) is 15.9 Å². The quantitative estimate of drug-likeness (QED) is 0.808. The predicted molar refractivity (Wildman–Crippen MR) is 77.7 cm³/mol. The summed E-state index contributed by atoms with van der Waals surface area (Å²) in [5, 5.41) is 12.9. The van der Waals surface area contributed by atoms with Gasteiger partial charge in [0, 0.05) is 16.4 Å². The van der Waals surface area contributed by atoms with Gasteiger partial charge in [-0.05, 0) is 44.7 Å². The van der Waals surface area contributed by atoms with E-state index in [9.17, 15) is 18.0 Å². The van der Waals surface area contributed by atoms with E-state index in [1.807, 2.05) is 0 Å². The van der Waals surface area contributed by atoms with Crippen LogP contribution in [0.25, 0.3) is 0 Å². The fourth-order valence-corrected chi connectivity index (χ4v) is 3.36. The number of halogens is 4. The lowest BCUT2D eigenvalue weighted by molar-refractivity contribution is -0.139. The molecule has 2 rings (SSSR count). The number of nitrogens with zero attached hydrogens (tertiary/aromatic N) is 4. The van der Waals surface area contributed by atoms with Gasteiger partial charge in [0.25, 0.3) is 5.91 Å². The van der Waals surface area contributed by atoms with Crippen molar-refractivity contribution in [1.29, 1.82) is 0 Å². The van der Waals surface area contributed by atoms with E-state index in [2.05, 4.69) is 36.8 Å². The number of alkyl halides is 3. The number of thioether (sulfide) groups is 1. The van der Waals surface area contributed by atoms with Crippen LogP contribution in [0.15, 0.2) is 21.5 Å². The standard InChI is InChI=1S/C11H9BrF3N5OS/c1-20-10(17-18-19-20)16-9(21)5-3-4-6(11(13,14)15)8(22-2)7(5)12/h3-4H,1-2H3,(H,16,17,19,21). The third kappa shape index (κ3) is 3.24. The maximum Gasteiger partial charge on any atom is 0.417 e. The molecular weight excluding hydrogens is 387 g/mol. The van der Waals surface area contributed by atoms with Gasteiger partial charge in [-0.2, -0.15) is 13.2 Å². The third-order valence-corrected chi connectivity index (χ3v) is 4.62. The molecule has 1 N–H and O–H groups in total. The van der Waals surface area contributed by atoms with Crippen LogP contribution in [0.5, 0.6) is 0 Å². The molecule has 118 valence electrons. The van der Waals surface area contributed by atoms with Crippen molar-refractivity contribution in [2.24, 2.45) is 7.05 Å². The van der Waals surface area contributed by atoms with Crippen LogP contribution in [0.3, 0.4) is 0 Å². The first-order valence-corrected chi connectivity index (χ1v) is 7.75. The van der Waals surface area contributed by atoms with Crippen molar-refractivity contribution in [1.82, 2.24) is 20.2 Å². The number of carbonyl (C=O) groups is 1. The van der Waals surface area contributed by atoms with Crippen LogP contribution < -0.4 is 5.32 Å². The zero-order valence-electron chi connectivity index (χ0n) is 11.3. The summed E-state index contributed by atoms with van der Waals surface area (Å²) in [4.78, 5) is 12.1. The second-order valence-electron chi connectivity index (χ2n) is 4.09. The second-order valence-corrected chi connectivity index (χ2v) is 5.70. The summed E-state index contributed by atoms with van der Waals surface area (Å²) in [6, 6.07) is 1.98. The maximum atomic E-state index is 12.9. The molecule has 0 saturated heterocycles. The van der Waals surface area contributed by atoms with Gasteiger partial charge in [-0.15, -0.1) is 11.8 Å². The molecule has 2 aromatic rings. The van der Waals surface area contributed by atoms with Crippen LogP contribution in [0.4, 0.5) is 19.1 Å². The molecule has 0 unspecified atom stereocenters. The number of benzene rings is 1. The number of rotatable bonds is 3. The van der Waals surface area contributed by atoms with Gasteiger partial charge >= 0.3 is 6.18 Å². The molecule has 1 heterocycles. The number of nitrogens with one attached hydrogen (secondary N) is 1. The first-order chi connectivity index (χ1) is 10.3. The van der Waals surface area contributed by atoms with Gasteiger partial charge < -0.3 is 0 Å². The summed E-state index contributed by atoms with van der Waals surface area (Å²) >= 11 is 3.97. The molecule has 0 aliphatic rings. The molecule has 1 aromatic carbocycles. The van der Waals surface area contributed by atoms with E-state index in [1.165, 1.54) is 18.0 Å². The number of aromatic nitrogens is 4. The molecule has 0 atom stereocenters. The number of tetrazole rings is 1. The van der Waals surface area contributed by atoms with Gasteiger partial charge in [0.05, 0.1) is 11.1 Å². The average Bonchev–Trinajstić information content (AvgIpc) is 2.82. The molecule has 1 aromatic heterocycles. The van der Waals surface area contributed by atoms with Gasteiger partial charge in [-0.25, -0.2) is 4.68 Å². The van der Waals surface area contributed by atoms with Crippen molar-refractivity contribution < 1.29 is 18.0 Å². The van der Waals surface area contributed by atoms with Crippen molar-refractivity contribution >= 4 is 39.5 Å². The van der Waals surface area contributed by atoms with Crippen LogP contribution in [-0.2, 0) is 13.2 Å². The molecule has 0 bridgehead atoms. The summed E-state index contributed by atoms with van der Waals surface area (Å²) in [7, 11) is 1.52. The zero-order valence-corrected chi connectivity index (χ0v) is 13.7. The minimum atomic E-state index is -4.50. The van der Waals surface area contributed by atoms with Crippen molar-refractivity contribution in [3.8, 4) is 0 Å². The highest BCUT2D eigenvalue weighted by molar-refractivity contribution is 9.10. The molecule has 0 spiro atoms. The molecular formula is C11H9BrF3N5OS. The fraction of sp³-hybridized carbons (Fsp3) is 0.273. The van der Waals surface area contributed by atoms with Gasteiger partial charge in [0.15, 0.2) is 0 Å². The Hall–Kier alpha value is -1.62. The molecule has 1 amide bonds. The Morgan fingerprint density at radius 2 is 2.09 bits per heavy atom. The van der Waals surface area contributed by atoms with Gasteiger partial charge in [-0.3, -0.25) is 10.1 Å². The van der Waals surface area contributed by atoms with E-state index >= 15 is 0 Å². The van der Waals surface area contributed by atoms with E-state index in [4.69, 9.17) is 0 Å². The summed E-state index contributed by atoms with van der Waals surface area (Å²) < 4.78 is 40.1. The molecule has 6 nitrogen and oxygen atoms in total. The first-order valence-electron chi connectivity index (χ1n) is 5.73. The van der Waals surface area contributed by atoms with Crippen LogP contribution in [0.2, 0.25) is 0 Å². The SMILES string of the molecule is CSc1c(C(F)(F)F)ccc(C(=O)Nc2nnnn2C)c1Br. The lowest BCUT2D eigenvalue weighted by Gasteiger charge is -2.15. The minimum Gasteiger partial charge on any atom is -0.289 e. The van der Waals surface area contributed by atoms with Crippen LogP contribution in [-0.4, -0.2) is 32.4 Å². The molecule has 22 heavy (non-hydrogen) atoms. The van der Waals surface area contributed by atoms with Gasteiger partial charge in [0.1, 0.15) is 0 Å². The summed E-state index contributed by atoms with van der Waals surface area (Å²) in [5.41, 5.74) is -0.746. The predicted octanol–water partition coefficient (Wildman–Crippen LogP) is 2.97. The smallest absolute Gasteiger partial charge is 0.289 e. The molecule has 0 radical (unpaired) electrons. The Labute approximate surface area is 135 Å². The molecule has 0 aliphatic heterocycles. The van der Waals surface area contributed by atoms with E-state index in [1.54, 1.807) is 0 Å². The highest BCUT2D eigenvalue weighted by atomic mass is 79.9. The van der Waals surface area contributed by atoms with Gasteiger partial charge in [-0.1, -0.05) is 5.10 Å². The second kappa shape index (κ2) is 6.24. The van der Waals surface area contributed by atoms with Gasteiger partial charge in [0.2, 0.25) is 5.95 Å². The lowest BCUT2D eigenvalue weighted by Crippen LogP contribution is -2.17. The van der Waals surface area contributed by atoms with Crippen molar-refractivity contribution in [3.63, 3.8) is 0 Å². The van der Waals surface area contributed by atoms with Crippen molar-refractivity contribution in [3.05, 3.63) is 27.7 Å². The number of aryl methyl sites for hydroxylation is 1. The molecule has 0 aliphatic carbocycles. The minimum absolute atomic E-state index is 0.0559. The molecule has 0 fully saturated rings. The first kappa shape index (κ1) is 16.7. The maximum absolute atomic E-state index is 12.9. The van der Waals surface area contributed by atoms with E-state index in [0.717, 1.165) is 23.9 Å². The summed E-state index contributed by atoms with van der Waals surface area (Å²) in [6.07, 6.45) is -2.99. The number of carbonyl (C=O) groups excluding carboxylic acids is 1. The van der Waals surface area contributed by atoms with Crippen molar-refractivity contribution in [2.75, 3.05) is 11.6 Å². The fourth-order valence-electron chi connectivity index (χ4n) is 1.66. The van der Waals surface area contributed by atoms with E-state index in [-0.39, 0.29) is 20.9 Å². The van der Waals surface area contributed by atoms with E-state index in [0.29, 0.717) is 0 Å². The lowest BCUT2D eigenvalue weighted by atomic mass is 10.1. The molecule has 0 saturated carbocycles. The van der Waals surface area contributed by atoms with Crippen LogP contribution >= 0.6 is 27.7 Å². The highest BCUT2D eigenvalue weighted by Crippen LogP contribution is 2.41.